The molecule has 0 saturated carbocycles. The molecule has 0 spiro atoms. The molecular formula is C30H36N4O4S. The zero-order valence-electron chi connectivity index (χ0n) is 23.1. The van der Waals surface area contributed by atoms with Crippen molar-refractivity contribution < 1.29 is 19.5 Å². The van der Waals surface area contributed by atoms with E-state index in [1.165, 1.54) is 4.90 Å². The molecule has 1 saturated heterocycles. The van der Waals surface area contributed by atoms with Gasteiger partial charge in [-0.25, -0.2) is 4.98 Å². The van der Waals surface area contributed by atoms with Crippen LogP contribution in [0, 0.1) is 24.2 Å². The average molecular weight is 549 g/mol. The number of likely N-dealkylation sites (tertiary alicyclic amines) is 1. The number of β-amino-alcohol motifs (C(OH)–C–C–N with tert-alkyl or cyclic N) is 1. The summed E-state index contributed by atoms with van der Waals surface area (Å²) < 4.78 is 0. The molecule has 1 aliphatic heterocycles. The van der Waals surface area contributed by atoms with E-state index in [1.807, 2.05) is 64.4 Å². The Hall–Kier alpha value is -3.48. The van der Waals surface area contributed by atoms with Crippen molar-refractivity contribution in [1.29, 1.82) is 0 Å². The van der Waals surface area contributed by atoms with Crippen molar-refractivity contribution in [2.75, 3.05) is 6.54 Å². The summed E-state index contributed by atoms with van der Waals surface area (Å²) in [5.74, 6) is 4.80. The fraction of sp³-hybridized carbons (Fsp3) is 0.467. The van der Waals surface area contributed by atoms with E-state index in [2.05, 4.69) is 27.5 Å². The van der Waals surface area contributed by atoms with Crippen molar-refractivity contribution in [2.45, 2.75) is 78.1 Å². The minimum absolute atomic E-state index is 0.0326. The summed E-state index contributed by atoms with van der Waals surface area (Å²) in [5.41, 5.74) is 4.72. The first-order valence-corrected chi connectivity index (χ1v) is 14.1. The van der Waals surface area contributed by atoms with Gasteiger partial charge in [0, 0.05) is 31.4 Å². The molecule has 3 N–H and O–H groups in total. The van der Waals surface area contributed by atoms with E-state index in [-0.39, 0.29) is 36.7 Å². The van der Waals surface area contributed by atoms with Crippen LogP contribution in [-0.2, 0) is 14.4 Å². The van der Waals surface area contributed by atoms with Crippen LogP contribution in [0.2, 0.25) is 0 Å². The normalized spacial score (nSPS) is 20.4. The third kappa shape index (κ3) is 6.57. The van der Waals surface area contributed by atoms with Gasteiger partial charge in [0.15, 0.2) is 0 Å². The summed E-state index contributed by atoms with van der Waals surface area (Å²) >= 11 is 1.59. The smallest absolute Gasteiger partial charge is 0.248 e. The van der Waals surface area contributed by atoms with Gasteiger partial charge in [0.1, 0.15) is 12.1 Å². The molecule has 1 fully saturated rings. The molecule has 9 heteroatoms. The molecule has 3 amide bonds. The Morgan fingerprint density at radius 2 is 1.87 bits per heavy atom. The molecular weight excluding hydrogens is 512 g/mol. The fourth-order valence-corrected chi connectivity index (χ4v) is 5.70. The molecule has 4 atom stereocenters. The number of aryl methyl sites for hydroxylation is 1. The van der Waals surface area contributed by atoms with Crippen LogP contribution < -0.4 is 10.6 Å². The summed E-state index contributed by atoms with van der Waals surface area (Å²) in [5, 5.41) is 16.3. The quantitative estimate of drug-likeness (QED) is 0.459. The molecule has 39 heavy (non-hydrogen) atoms. The van der Waals surface area contributed by atoms with Gasteiger partial charge in [0.25, 0.3) is 0 Å². The van der Waals surface area contributed by atoms with E-state index in [4.69, 9.17) is 0 Å². The summed E-state index contributed by atoms with van der Waals surface area (Å²) in [4.78, 5) is 46.9. The predicted molar refractivity (Wildman–Crippen MR) is 151 cm³/mol. The largest absolute Gasteiger partial charge is 0.391 e. The molecule has 1 aliphatic carbocycles. The van der Waals surface area contributed by atoms with E-state index in [9.17, 15) is 19.5 Å². The third-order valence-corrected chi connectivity index (χ3v) is 8.15. The number of nitrogens with one attached hydrogen (secondary N) is 2. The van der Waals surface area contributed by atoms with E-state index in [0.29, 0.717) is 18.4 Å². The molecule has 0 bridgehead atoms. The highest BCUT2D eigenvalue weighted by atomic mass is 32.1. The molecule has 206 valence electrons. The van der Waals surface area contributed by atoms with Crippen molar-refractivity contribution in [3.8, 4) is 22.3 Å². The number of carbonyl (C=O) groups excluding carboxylic acids is 3. The van der Waals surface area contributed by atoms with Gasteiger partial charge in [-0.3, -0.25) is 14.4 Å². The first-order chi connectivity index (χ1) is 18.5. The lowest BCUT2D eigenvalue weighted by Crippen LogP contribution is -2.58. The van der Waals surface area contributed by atoms with Gasteiger partial charge in [-0.2, -0.15) is 0 Å². The molecule has 8 nitrogen and oxygen atoms in total. The van der Waals surface area contributed by atoms with Crippen LogP contribution in [0.4, 0.5) is 0 Å². The highest BCUT2D eigenvalue weighted by Crippen LogP contribution is 2.29. The summed E-state index contributed by atoms with van der Waals surface area (Å²) in [6, 6.07) is 5.95. The highest BCUT2D eigenvalue weighted by molar-refractivity contribution is 7.13. The number of aromatic nitrogens is 1. The van der Waals surface area contributed by atoms with Crippen molar-refractivity contribution in [1.82, 2.24) is 20.5 Å². The lowest BCUT2D eigenvalue weighted by atomic mass is 9.85. The number of allylic oxidation sites excluding steroid dienone is 1. The second-order valence-electron chi connectivity index (χ2n) is 11.3. The maximum absolute atomic E-state index is 13.8. The molecule has 0 radical (unpaired) electrons. The Labute approximate surface area is 233 Å². The van der Waals surface area contributed by atoms with Gasteiger partial charge in [-0.05, 0) is 30.4 Å². The Kier molecular flexibility index (Phi) is 8.57. The van der Waals surface area contributed by atoms with E-state index >= 15 is 0 Å². The number of amides is 3. The molecule has 0 unspecified atom stereocenters. The molecule has 1 aromatic carbocycles. The van der Waals surface area contributed by atoms with E-state index < -0.39 is 23.6 Å². The van der Waals surface area contributed by atoms with E-state index in [0.717, 1.165) is 21.7 Å². The third-order valence-electron chi connectivity index (χ3n) is 7.18. The fourth-order valence-electron chi connectivity index (χ4n) is 4.89. The Morgan fingerprint density at radius 1 is 1.15 bits per heavy atom. The number of hydrogen-bond donors (Lipinski definition) is 3. The zero-order valence-corrected chi connectivity index (χ0v) is 23.9. The van der Waals surface area contributed by atoms with Gasteiger partial charge in [0.05, 0.1) is 28.2 Å². The van der Waals surface area contributed by atoms with Crippen LogP contribution in [0.15, 0.2) is 41.4 Å². The average Bonchev–Trinajstić information content (AvgIpc) is 3.52. The molecule has 2 aliphatic rings. The second-order valence-corrected chi connectivity index (χ2v) is 12.1. The Bertz CT molecular complexity index is 1330. The molecule has 2 aromatic rings. The minimum Gasteiger partial charge on any atom is -0.391 e. The number of carbonyl (C=O) groups is 3. The van der Waals surface area contributed by atoms with Gasteiger partial charge in [-0.15, -0.1) is 11.3 Å². The number of hydrogen-bond acceptors (Lipinski definition) is 6. The maximum atomic E-state index is 13.8. The van der Waals surface area contributed by atoms with Gasteiger partial charge >= 0.3 is 0 Å². The first-order valence-electron chi connectivity index (χ1n) is 13.2. The van der Waals surface area contributed by atoms with Crippen molar-refractivity contribution in [3.05, 3.63) is 52.7 Å². The summed E-state index contributed by atoms with van der Waals surface area (Å²) in [7, 11) is 0. The lowest BCUT2D eigenvalue weighted by molar-refractivity contribution is -0.143. The Balaban J connectivity index is 1.46. The summed E-state index contributed by atoms with van der Waals surface area (Å²) in [6.07, 6.45) is 1.93. The van der Waals surface area contributed by atoms with Crippen LogP contribution >= 0.6 is 11.3 Å². The van der Waals surface area contributed by atoms with Crippen molar-refractivity contribution in [3.63, 3.8) is 0 Å². The monoisotopic (exact) mass is 548 g/mol. The van der Waals surface area contributed by atoms with Crippen LogP contribution in [-0.4, -0.2) is 57.4 Å². The van der Waals surface area contributed by atoms with Crippen molar-refractivity contribution >= 4 is 29.1 Å². The standard InChI is InChI=1S/C30H36N4O4S/c1-18(20-11-13-21(14-12-20)25-19(2)31-17-39-25)32-28(37)24-15-23(35)16-34(24)29(38)26(30(3,4)5)33-27(36)22-9-7-6-8-10-22/h9,11-14,17-18,23-24,26,35H,7,10,15-16H2,1-5H3,(H,32,37)(H,33,36)/t18-,23+,24-,26+/m0/s1. The van der Waals surface area contributed by atoms with Crippen LogP contribution in [0.3, 0.4) is 0 Å². The van der Waals surface area contributed by atoms with Crippen LogP contribution in [0.25, 0.3) is 10.4 Å². The lowest BCUT2D eigenvalue weighted by Gasteiger charge is -2.35. The number of thiazole rings is 1. The molecule has 1 aromatic heterocycles. The maximum Gasteiger partial charge on any atom is 0.248 e. The summed E-state index contributed by atoms with van der Waals surface area (Å²) in [6.45, 7) is 9.50. The number of rotatable bonds is 7. The van der Waals surface area contributed by atoms with Crippen LogP contribution in [0.1, 0.15) is 64.3 Å². The van der Waals surface area contributed by atoms with Gasteiger partial charge in [0.2, 0.25) is 17.7 Å². The minimum atomic E-state index is -0.874. The number of benzene rings is 1. The van der Waals surface area contributed by atoms with Crippen LogP contribution in [0.5, 0.6) is 0 Å². The van der Waals surface area contributed by atoms with E-state index in [1.54, 1.807) is 17.4 Å². The number of aliphatic hydroxyl groups is 1. The van der Waals surface area contributed by atoms with Gasteiger partial charge < -0.3 is 20.6 Å². The number of nitrogens with zero attached hydrogens (tertiary/aromatic N) is 2. The predicted octanol–water partition coefficient (Wildman–Crippen LogP) is 3.51. The molecule has 2 heterocycles. The zero-order chi connectivity index (χ0) is 28.3. The second kappa shape index (κ2) is 11.7. The Morgan fingerprint density at radius 3 is 2.46 bits per heavy atom. The van der Waals surface area contributed by atoms with Gasteiger partial charge in [-0.1, -0.05) is 63.0 Å². The highest BCUT2D eigenvalue weighted by Gasteiger charge is 2.44. The first kappa shape index (κ1) is 28.5. The molecule has 4 rings (SSSR count). The SMILES string of the molecule is Cc1ncsc1-c1ccc([C@H](C)NC(=O)[C@@H]2C[C@@H](O)CN2C(=O)[C@@H](NC(=O)C2=CCC#CC2)C(C)(C)C)cc1. The number of aliphatic hydroxyl groups excluding tert-OH is 1. The van der Waals surface area contributed by atoms with Crippen molar-refractivity contribution in [2.24, 2.45) is 5.41 Å². The topological polar surface area (TPSA) is 112 Å².